The third-order valence-corrected chi connectivity index (χ3v) is 6.08. The molecule has 0 radical (unpaired) electrons. The van der Waals surface area contributed by atoms with Crippen molar-refractivity contribution in [2.45, 2.75) is 46.5 Å². The molecule has 1 saturated heterocycles. The molecule has 1 fully saturated rings. The molecular weight excluding hydrogens is 396 g/mol. The molecule has 0 aliphatic carbocycles. The zero-order valence-corrected chi connectivity index (χ0v) is 18.5. The average molecular weight is 423 g/mol. The number of likely N-dealkylation sites (tertiary alicyclic amines) is 1. The average Bonchev–Trinajstić information content (AvgIpc) is 3.44. The van der Waals surface area contributed by atoms with Gasteiger partial charge in [-0.25, -0.2) is 4.98 Å². The SMILES string of the molecule is CCc1cccc(CC)c1N(C(C)=O)c1nc(/C=C(/C#N)C(=O)N2CCCC2)cs1. The molecular formula is C23H26N4O2S. The largest absolute Gasteiger partial charge is 0.338 e. The Labute approximate surface area is 181 Å². The number of hydrogen-bond acceptors (Lipinski definition) is 5. The highest BCUT2D eigenvalue weighted by Crippen LogP contribution is 2.35. The number of aryl methyl sites for hydroxylation is 2. The van der Waals surface area contributed by atoms with E-state index in [2.05, 4.69) is 18.8 Å². The van der Waals surface area contributed by atoms with Crippen molar-refractivity contribution in [1.82, 2.24) is 9.88 Å². The summed E-state index contributed by atoms with van der Waals surface area (Å²) in [5.74, 6) is -0.373. The van der Waals surface area contributed by atoms with Gasteiger partial charge in [-0.3, -0.25) is 14.5 Å². The van der Waals surface area contributed by atoms with Crippen molar-refractivity contribution in [3.8, 4) is 6.07 Å². The van der Waals surface area contributed by atoms with Gasteiger partial charge in [-0.1, -0.05) is 32.0 Å². The molecule has 2 aromatic rings. The van der Waals surface area contributed by atoms with Crippen LogP contribution in [0.1, 0.15) is 50.4 Å². The smallest absolute Gasteiger partial charge is 0.264 e. The Morgan fingerprint density at radius 3 is 2.40 bits per heavy atom. The number of nitrogens with zero attached hydrogens (tertiary/aromatic N) is 4. The van der Waals surface area contributed by atoms with Gasteiger partial charge in [-0.05, 0) is 42.9 Å². The van der Waals surface area contributed by atoms with E-state index in [-0.39, 0.29) is 17.4 Å². The van der Waals surface area contributed by atoms with Crippen molar-refractivity contribution in [3.63, 3.8) is 0 Å². The Balaban J connectivity index is 1.98. The van der Waals surface area contributed by atoms with Gasteiger partial charge < -0.3 is 4.90 Å². The Bertz CT molecular complexity index is 990. The molecule has 30 heavy (non-hydrogen) atoms. The third kappa shape index (κ3) is 4.44. The molecule has 2 heterocycles. The van der Waals surface area contributed by atoms with E-state index in [0.717, 1.165) is 42.5 Å². The highest BCUT2D eigenvalue weighted by atomic mass is 32.1. The van der Waals surface area contributed by atoms with Gasteiger partial charge in [-0.2, -0.15) is 5.26 Å². The van der Waals surface area contributed by atoms with E-state index < -0.39 is 0 Å². The first-order valence-electron chi connectivity index (χ1n) is 10.3. The quantitative estimate of drug-likeness (QED) is 0.508. The van der Waals surface area contributed by atoms with Gasteiger partial charge in [0, 0.05) is 25.4 Å². The normalized spacial score (nSPS) is 13.9. The van der Waals surface area contributed by atoms with Gasteiger partial charge in [-0.15, -0.1) is 11.3 Å². The van der Waals surface area contributed by atoms with Crippen LogP contribution in [0.5, 0.6) is 0 Å². The molecule has 0 bridgehead atoms. The summed E-state index contributed by atoms with van der Waals surface area (Å²) in [5, 5.41) is 11.8. The van der Waals surface area contributed by atoms with Gasteiger partial charge >= 0.3 is 0 Å². The molecule has 1 aromatic heterocycles. The second-order valence-electron chi connectivity index (χ2n) is 7.21. The second kappa shape index (κ2) is 9.68. The first-order valence-corrected chi connectivity index (χ1v) is 11.2. The van der Waals surface area contributed by atoms with Crippen LogP contribution < -0.4 is 4.90 Å². The summed E-state index contributed by atoms with van der Waals surface area (Å²) >= 11 is 1.33. The fourth-order valence-electron chi connectivity index (χ4n) is 3.72. The monoisotopic (exact) mass is 422 g/mol. The number of rotatable bonds is 6. The number of amides is 2. The number of nitriles is 1. The van der Waals surface area contributed by atoms with E-state index in [0.29, 0.717) is 23.9 Å². The Morgan fingerprint density at radius 1 is 1.23 bits per heavy atom. The van der Waals surface area contributed by atoms with Crippen LogP contribution in [-0.2, 0) is 22.4 Å². The summed E-state index contributed by atoms with van der Waals surface area (Å²) in [4.78, 5) is 33.1. The number of aromatic nitrogens is 1. The number of thiazole rings is 1. The van der Waals surface area contributed by atoms with Gasteiger partial charge in [0.25, 0.3) is 5.91 Å². The molecule has 2 amide bonds. The molecule has 3 rings (SSSR count). The van der Waals surface area contributed by atoms with Gasteiger partial charge in [0.1, 0.15) is 11.6 Å². The van der Waals surface area contributed by atoms with Crippen LogP contribution in [0.15, 0.2) is 29.2 Å². The van der Waals surface area contributed by atoms with Crippen molar-refractivity contribution in [1.29, 1.82) is 5.26 Å². The standard InChI is InChI=1S/C23H26N4O2S/c1-4-17-9-8-10-18(5-2)21(17)27(16(3)28)23-25-20(15-30-23)13-19(14-24)22(29)26-11-6-7-12-26/h8-10,13,15H,4-7,11-12H2,1-3H3/b19-13-. The Kier molecular flexibility index (Phi) is 7.01. The second-order valence-corrected chi connectivity index (χ2v) is 8.05. The van der Waals surface area contributed by atoms with Gasteiger partial charge in [0.15, 0.2) is 5.13 Å². The lowest BCUT2D eigenvalue weighted by Gasteiger charge is -2.24. The molecule has 6 nitrogen and oxygen atoms in total. The van der Waals surface area contributed by atoms with E-state index in [1.54, 1.807) is 15.2 Å². The lowest BCUT2D eigenvalue weighted by Crippen LogP contribution is -2.28. The van der Waals surface area contributed by atoms with Crippen molar-refractivity contribution in [2.75, 3.05) is 18.0 Å². The Hall–Kier alpha value is -2.98. The van der Waals surface area contributed by atoms with Crippen LogP contribution in [0.4, 0.5) is 10.8 Å². The van der Waals surface area contributed by atoms with E-state index >= 15 is 0 Å². The molecule has 0 N–H and O–H groups in total. The molecule has 0 atom stereocenters. The molecule has 156 valence electrons. The van der Waals surface area contributed by atoms with Crippen molar-refractivity contribution in [3.05, 3.63) is 46.0 Å². The topological polar surface area (TPSA) is 77.3 Å². The highest BCUT2D eigenvalue weighted by Gasteiger charge is 2.24. The van der Waals surface area contributed by atoms with Crippen LogP contribution in [0.3, 0.4) is 0 Å². The van der Waals surface area contributed by atoms with Gasteiger partial charge in [0.05, 0.1) is 11.4 Å². The van der Waals surface area contributed by atoms with Crippen LogP contribution in [0.2, 0.25) is 0 Å². The van der Waals surface area contributed by atoms with Crippen molar-refractivity contribution >= 4 is 40.0 Å². The molecule has 0 spiro atoms. The predicted octanol–water partition coefficient (Wildman–Crippen LogP) is 4.48. The molecule has 1 aliphatic heterocycles. The zero-order valence-electron chi connectivity index (χ0n) is 17.6. The number of carbonyl (C=O) groups is 2. The molecule has 1 aromatic carbocycles. The minimum atomic E-state index is -0.252. The number of hydrogen-bond donors (Lipinski definition) is 0. The highest BCUT2D eigenvalue weighted by molar-refractivity contribution is 7.14. The lowest BCUT2D eigenvalue weighted by atomic mass is 10.0. The summed E-state index contributed by atoms with van der Waals surface area (Å²) in [6.07, 6.45) is 5.05. The van der Waals surface area contributed by atoms with E-state index in [1.807, 2.05) is 24.3 Å². The number of carbonyl (C=O) groups excluding carboxylic acids is 2. The summed E-state index contributed by atoms with van der Waals surface area (Å²) < 4.78 is 0. The minimum Gasteiger partial charge on any atom is -0.338 e. The van der Waals surface area contributed by atoms with E-state index in [4.69, 9.17) is 0 Å². The van der Waals surface area contributed by atoms with Crippen LogP contribution in [-0.4, -0.2) is 34.8 Å². The predicted molar refractivity (Wildman–Crippen MR) is 120 cm³/mol. The first kappa shape index (κ1) is 21.7. The molecule has 1 aliphatic rings. The third-order valence-electron chi connectivity index (χ3n) is 5.24. The number of anilines is 2. The molecule has 0 unspecified atom stereocenters. The molecule has 0 saturated carbocycles. The summed E-state index contributed by atoms with van der Waals surface area (Å²) in [6.45, 7) is 7.03. The Morgan fingerprint density at radius 2 is 1.87 bits per heavy atom. The van der Waals surface area contributed by atoms with E-state index in [9.17, 15) is 14.9 Å². The maximum Gasteiger partial charge on any atom is 0.264 e. The minimum absolute atomic E-state index is 0.0753. The molecule has 7 heteroatoms. The van der Waals surface area contributed by atoms with Crippen LogP contribution in [0, 0.1) is 11.3 Å². The van der Waals surface area contributed by atoms with Crippen LogP contribution in [0.25, 0.3) is 6.08 Å². The van der Waals surface area contributed by atoms with E-state index in [1.165, 1.54) is 24.3 Å². The summed E-state index contributed by atoms with van der Waals surface area (Å²) in [5.41, 5.74) is 3.63. The summed E-state index contributed by atoms with van der Waals surface area (Å²) in [6, 6.07) is 8.08. The maximum absolute atomic E-state index is 12.6. The fraction of sp³-hybridized carbons (Fsp3) is 0.391. The van der Waals surface area contributed by atoms with Gasteiger partial charge in [0.2, 0.25) is 5.91 Å². The summed E-state index contributed by atoms with van der Waals surface area (Å²) in [7, 11) is 0. The number of benzene rings is 1. The lowest BCUT2D eigenvalue weighted by molar-refractivity contribution is -0.125. The number of para-hydroxylation sites is 1. The first-order chi connectivity index (χ1) is 14.5. The maximum atomic E-state index is 12.6. The van der Waals surface area contributed by atoms with Crippen molar-refractivity contribution < 1.29 is 9.59 Å². The van der Waals surface area contributed by atoms with Crippen LogP contribution >= 0.6 is 11.3 Å². The fourth-order valence-corrected chi connectivity index (χ4v) is 4.55. The van der Waals surface area contributed by atoms with Crippen molar-refractivity contribution in [2.24, 2.45) is 0 Å². The zero-order chi connectivity index (χ0) is 21.7.